The zero-order chi connectivity index (χ0) is 11.9. The van der Waals surface area contributed by atoms with E-state index in [-0.39, 0.29) is 5.92 Å². The Labute approximate surface area is 79.6 Å². The summed E-state index contributed by atoms with van der Waals surface area (Å²) in [5, 5.41) is 40.9. The standard InChI is InChI=1S/C4H8O2.C2H5NO5/c1-3(2)4(5)6;4-2(5,6)1-3(7)8/h3H,1-2H3,(H,5,6);4-6H,1H2. The number of aliphatic hydroxyl groups is 3. The third-order valence-electron chi connectivity index (χ3n) is 0.835. The van der Waals surface area contributed by atoms with Crippen LogP contribution in [-0.4, -0.2) is 43.8 Å². The van der Waals surface area contributed by atoms with Gasteiger partial charge in [0.2, 0.25) is 0 Å². The summed E-state index contributed by atoms with van der Waals surface area (Å²) in [5.74, 6) is -4.15. The molecule has 0 aliphatic heterocycles. The number of hydrogen-bond donors (Lipinski definition) is 4. The second-order valence-corrected chi connectivity index (χ2v) is 2.76. The van der Waals surface area contributed by atoms with Crippen LogP contribution in [0.2, 0.25) is 0 Å². The highest BCUT2D eigenvalue weighted by Gasteiger charge is 2.25. The predicted octanol–water partition coefficient (Wildman–Crippen LogP) is -1.38. The van der Waals surface area contributed by atoms with Crippen LogP contribution in [-0.2, 0) is 4.79 Å². The summed E-state index contributed by atoms with van der Waals surface area (Å²) in [5.41, 5.74) is 0. The lowest BCUT2D eigenvalue weighted by atomic mass is 10.2. The minimum Gasteiger partial charge on any atom is -0.481 e. The zero-order valence-corrected chi connectivity index (χ0v) is 7.75. The maximum Gasteiger partial charge on any atom is 0.344 e. The minimum atomic E-state index is -3.18. The van der Waals surface area contributed by atoms with E-state index in [1.54, 1.807) is 13.8 Å². The first-order valence-corrected chi connectivity index (χ1v) is 3.58. The van der Waals surface area contributed by atoms with E-state index in [1.165, 1.54) is 0 Å². The molecule has 0 aromatic carbocycles. The molecule has 0 aromatic rings. The quantitative estimate of drug-likeness (QED) is 0.256. The van der Waals surface area contributed by atoms with Gasteiger partial charge in [-0.3, -0.25) is 14.9 Å². The van der Waals surface area contributed by atoms with Crippen molar-refractivity contribution in [3.8, 4) is 0 Å². The Kier molecular flexibility index (Phi) is 6.79. The van der Waals surface area contributed by atoms with Crippen LogP contribution in [0.1, 0.15) is 13.8 Å². The zero-order valence-electron chi connectivity index (χ0n) is 7.75. The van der Waals surface area contributed by atoms with Crippen LogP contribution in [0.3, 0.4) is 0 Å². The summed E-state index contributed by atoms with van der Waals surface area (Å²) in [4.78, 5) is 18.0. The number of carbonyl (C=O) groups is 1. The average molecular weight is 211 g/mol. The molecule has 0 unspecified atom stereocenters. The molecule has 0 spiro atoms. The van der Waals surface area contributed by atoms with E-state index >= 15 is 0 Å². The molecule has 14 heavy (non-hydrogen) atoms. The van der Waals surface area contributed by atoms with Crippen LogP contribution in [0.25, 0.3) is 0 Å². The van der Waals surface area contributed by atoms with Gasteiger partial charge in [0.05, 0.1) is 5.92 Å². The van der Waals surface area contributed by atoms with Crippen LogP contribution >= 0.6 is 0 Å². The van der Waals surface area contributed by atoms with Crippen molar-refractivity contribution in [3.63, 3.8) is 0 Å². The minimum absolute atomic E-state index is 0.231. The first kappa shape index (κ1) is 15.2. The fraction of sp³-hybridized carbons (Fsp3) is 0.833. The van der Waals surface area contributed by atoms with Crippen LogP contribution in [0.5, 0.6) is 0 Å². The summed E-state index contributed by atoms with van der Waals surface area (Å²) in [6.45, 7) is 2.00. The monoisotopic (exact) mass is 211 g/mol. The van der Waals surface area contributed by atoms with Crippen molar-refractivity contribution in [3.05, 3.63) is 10.1 Å². The highest BCUT2D eigenvalue weighted by molar-refractivity contribution is 5.68. The summed E-state index contributed by atoms with van der Waals surface area (Å²) in [6, 6.07) is 0. The Morgan fingerprint density at radius 2 is 1.71 bits per heavy atom. The van der Waals surface area contributed by atoms with E-state index < -0.39 is 23.4 Å². The van der Waals surface area contributed by atoms with Gasteiger partial charge < -0.3 is 20.4 Å². The molecule has 84 valence electrons. The van der Waals surface area contributed by atoms with Gasteiger partial charge in [-0.1, -0.05) is 13.8 Å². The maximum absolute atomic E-state index is 9.70. The molecule has 8 nitrogen and oxygen atoms in total. The number of hydrogen-bond acceptors (Lipinski definition) is 6. The van der Waals surface area contributed by atoms with Crippen LogP contribution in [0.15, 0.2) is 0 Å². The van der Waals surface area contributed by atoms with Crippen LogP contribution in [0, 0.1) is 16.0 Å². The maximum atomic E-state index is 9.70. The van der Waals surface area contributed by atoms with Crippen molar-refractivity contribution in [2.24, 2.45) is 5.92 Å². The number of carboxylic acid groups (broad SMARTS) is 1. The van der Waals surface area contributed by atoms with Crippen molar-refractivity contribution in [1.82, 2.24) is 0 Å². The van der Waals surface area contributed by atoms with Gasteiger partial charge >= 0.3 is 11.9 Å². The predicted molar refractivity (Wildman–Crippen MR) is 43.7 cm³/mol. The molecule has 0 radical (unpaired) electrons. The summed E-state index contributed by atoms with van der Waals surface area (Å²) >= 11 is 0. The Hall–Kier alpha value is -1.25. The summed E-state index contributed by atoms with van der Waals surface area (Å²) < 4.78 is 0. The Balaban J connectivity index is 0. The van der Waals surface area contributed by atoms with Gasteiger partial charge in [-0.2, -0.15) is 0 Å². The topological polar surface area (TPSA) is 141 Å². The lowest BCUT2D eigenvalue weighted by molar-refractivity contribution is -0.544. The third kappa shape index (κ3) is 17.0. The number of rotatable bonds is 3. The lowest BCUT2D eigenvalue weighted by Crippen LogP contribution is -2.35. The highest BCUT2D eigenvalue weighted by atomic mass is 16.7. The van der Waals surface area contributed by atoms with E-state index in [0.717, 1.165) is 0 Å². The number of carboxylic acids is 1. The lowest BCUT2D eigenvalue weighted by Gasteiger charge is -2.05. The Morgan fingerprint density at radius 1 is 1.43 bits per heavy atom. The molecule has 0 aliphatic rings. The highest BCUT2D eigenvalue weighted by Crippen LogP contribution is 1.89. The second-order valence-electron chi connectivity index (χ2n) is 2.76. The van der Waals surface area contributed by atoms with Gasteiger partial charge in [-0.15, -0.1) is 0 Å². The average Bonchev–Trinajstić information content (AvgIpc) is 1.81. The first-order chi connectivity index (χ1) is 6.06. The van der Waals surface area contributed by atoms with Crippen molar-refractivity contribution in [2.45, 2.75) is 19.8 Å². The van der Waals surface area contributed by atoms with Gasteiger partial charge in [0, 0.05) is 4.92 Å². The smallest absolute Gasteiger partial charge is 0.344 e. The summed E-state index contributed by atoms with van der Waals surface area (Å²) in [7, 11) is 0. The fourth-order valence-electron chi connectivity index (χ4n) is 0.173. The number of aliphatic carboxylic acids is 1. The molecule has 0 atom stereocenters. The summed E-state index contributed by atoms with van der Waals surface area (Å²) in [6.07, 6.45) is 0. The second kappa shape index (κ2) is 6.24. The SMILES string of the molecule is CC(C)C(=O)O.O=[N+]([O-])CC(O)(O)O. The van der Waals surface area contributed by atoms with Gasteiger partial charge in [-0.05, 0) is 0 Å². The van der Waals surface area contributed by atoms with E-state index in [4.69, 9.17) is 20.4 Å². The van der Waals surface area contributed by atoms with Gasteiger partial charge in [0.25, 0.3) is 6.54 Å². The molecule has 0 saturated carbocycles. The third-order valence-corrected chi connectivity index (χ3v) is 0.835. The van der Waals surface area contributed by atoms with E-state index in [9.17, 15) is 14.9 Å². The molecule has 0 fully saturated rings. The molecule has 0 saturated heterocycles. The van der Waals surface area contributed by atoms with Crippen molar-refractivity contribution < 1.29 is 30.1 Å². The van der Waals surface area contributed by atoms with Crippen molar-refractivity contribution in [1.29, 1.82) is 0 Å². The van der Waals surface area contributed by atoms with E-state index in [1.807, 2.05) is 0 Å². The molecule has 0 aliphatic carbocycles. The number of nitrogens with zero attached hydrogens (tertiary/aromatic N) is 1. The molecular weight excluding hydrogens is 198 g/mol. The molecule has 8 heteroatoms. The van der Waals surface area contributed by atoms with Gasteiger partial charge in [0.1, 0.15) is 0 Å². The van der Waals surface area contributed by atoms with E-state index in [0.29, 0.717) is 0 Å². The molecule has 0 bridgehead atoms. The Bertz CT molecular complexity index is 195. The largest absolute Gasteiger partial charge is 0.481 e. The van der Waals surface area contributed by atoms with Crippen LogP contribution < -0.4 is 0 Å². The molecule has 0 heterocycles. The molecule has 0 amide bonds. The normalized spacial score (nSPS) is 10.4. The van der Waals surface area contributed by atoms with Crippen molar-refractivity contribution in [2.75, 3.05) is 6.54 Å². The molecular formula is C6H13NO7. The molecule has 0 aromatic heterocycles. The molecule has 0 rings (SSSR count). The first-order valence-electron chi connectivity index (χ1n) is 3.58. The number of nitro groups is 1. The van der Waals surface area contributed by atoms with Gasteiger partial charge in [0.15, 0.2) is 0 Å². The van der Waals surface area contributed by atoms with E-state index in [2.05, 4.69) is 0 Å². The Morgan fingerprint density at radius 3 is 1.71 bits per heavy atom. The van der Waals surface area contributed by atoms with Crippen LogP contribution in [0.4, 0.5) is 0 Å². The van der Waals surface area contributed by atoms with Crippen molar-refractivity contribution >= 4 is 5.97 Å². The van der Waals surface area contributed by atoms with Gasteiger partial charge in [-0.25, -0.2) is 0 Å². The fourth-order valence-corrected chi connectivity index (χ4v) is 0.173. The molecule has 4 N–H and O–H groups in total.